The van der Waals surface area contributed by atoms with E-state index < -0.39 is 19.3 Å². The third-order valence-electron chi connectivity index (χ3n) is 4.52. The molecule has 152 valence electrons. The number of nitrogens with two attached hydrogens (primary N) is 2. The topological polar surface area (TPSA) is 159 Å². The van der Waals surface area contributed by atoms with E-state index in [4.69, 9.17) is 23.1 Å². The fraction of sp³-hybridized carbons (Fsp3) is 0.389. The van der Waals surface area contributed by atoms with Crippen molar-refractivity contribution in [3.8, 4) is 0 Å². The van der Waals surface area contributed by atoms with Crippen molar-refractivity contribution in [2.24, 2.45) is 11.5 Å². The van der Waals surface area contributed by atoms with Crippen LogP contribution in [0.5, 0.6) is 0 Å². The molecule has 0 unspecified atom stereocenters. The highest BCUT2D eigenvalue weighted by atomic mass is 16.5. The summed E-state index contributed by atoms with van der Waals surface area (Å²) in [7, 11) is 0. The quantitative estimate of drug-likeness (QED) is 0.463. The van der Waals surface area contributed by atoms with E-state index in [0.29, 0.717) is 36.2 Å². The molecule has 0 radical (unpaired) electrons. The first-order valence-electron chi connectivity index (χ1n) is 11.4. The number of ether oxygens (including phenoxy) is 1. The van der Waals surface area contributed by atoms with Crippen molar-refractivity contribution in [1.82, 2.24) is 25.0 Å². The molecule has 3 heterocycles. The lowest BCUT2D eigenvalue weighted by atomic mass is 10.1. The van der Waals surface area contributed by atoms with Crippen LogP contribution in [0.15, 0.2) is 24.4 Å². The van der Waals surface area contributed by atoms with Crippen molar-refractivity contribution in [1.29, 1.82) is 0 Å². The lowest BCUT2D eigenvalue weighted by molar-refractivity contribution is 0.0751. The monoisotopic (exact) mass is 402 g/mol. The zero-order valence-corrected chi connectivity index (χ0v) is 15.3. The van der Waals surface area contributed by atoms with Gasteiger partial charge < -0.3 is 26.8 Å². The summed E-state index contributed by atoms with van der Waals surface area (Å²) in [6.07, 6.45) is 1.94. The van der Waals surface area contributed by atoms with E-state index in [-0.39, 0.29) is 29.5 Å². The van der Waals surface area contributed by atoms with Crippen LogP contribution in [0.25, 0.3) is 10.9 Å². The minimum atomic E-state index is -2.91. The molecule has 0 bridgehead atoms. The average molecular weight is 402 g/mol. The smallest absolute Gasteiger partial charge is 0.273 e. The van der Waals surface area contributed by atoms with Gasteiger partial charge >= 0.3 is 0 Å². The van der Waals surface area contributed by atoms with Crippen LogP contribution in [0, 0.1) is 0 Å². The van der Waals surface area contributed by atoms with Gasteiger partial charge in [-0.15, -0.1) is 10.2 Å². The molecule has 11 heteroatoms. The van der Waals surface area contributed by atoms with Crippen LogP contribution < -0.4 is 22.1 Å². The minimum absolute atomic E-state index is 0.0511. The number of aromatic nitrogens is 5. The number of carbonyl (C=O) groups is 1. The Labute approximate surface area is 173 Å². The third kappa shape index (κ3) is 4.10. The number of aryl methyl sites for hydroxylation is 1. The molecule has 11 nitrogen and oxygen atoms in total. The Morgan fingerprint density at radius 2 is 2.38 bits per heavy atom. The van der Waals surface area contributed by atoms with Crippen LogP contribution in [0.3, 0.4) is 0 Å². The fourth-order valence-corrected chi connectivity index (χ4v) is 3.04. The van der Waals surface area contributed by atoms with Crippen LogP contribution in [0.2, 0.25) is 0 Å². The lowest BCUT2D eigenvalue weighted by Gasteiger charge is -2.29. The highest BCUT2D eigenvalue weighted by Gasteiger charge is 2.24. The molecule has 0 saturated carbocycles. The van der Waals surface area contributed by atoms with E-state index in [1.165, 1.54) is 6.20 Å². The molecule has 4 rings (SSSR count). The largest absolute Gasteiger partial charge is 0.380 e. The Bertz CT molecular complexity index is 1220. The number of benzene rings is 1. The van der Waals surface area contributed by atoms with Gasteiger partial charge in [0, 0.05) is 46.6 Å². The summed E-state index contributed by atoms with van der Waals surface area (Å²) in [5.74, 6) is -0.638. The predicted molar refractivity (Wildman–Crippen MR) is 108 cm³/mol. The number of amides is 1. The number of rotatable bonds is 6. The molecule has 1 aromatic carbocycles. The lowest BCUT2D eigenvalue weighted by Crippen LogP contribution is -2.48. The van der Waals surface area contributed by atoms with Gasteiger partial charge in [-0.3, -0.25) is 9.48 Å². The van der Waals surface area contributed by atoms with Crippen LogP contribution in [0.1, 0.15) is 30.6 Å². The molecule has 1 fully saturated rings. The van der Waals surface area contributed by atoms with E-state index in [9.17, 15) is 4.79 Å². The van der Waals surface area contributed by atoms with Crippen molar-refractivity contribution in [2.45, 2.75) is 31.9 Å². The van der Waals surface area contributed by atoms with Gasteiger partial charge in [0.05, 0.1) is 14.9 Å². The molecular formula is C18H23N9O2. The maximum absolute atomic E-state index is 11.9. The van der Waals surface area contributed by atoms with E-state index >= 15 is 0 Å². The van der Waals surface area contributed by atoms with E-state index in [2.05, 4.69) is 30.9 Å². The molecule has 1 aliphatic rings. The van der Waals surface area contributed by atoms with Crippen molar-refractivity contribution in [2.75, 3.05) is 23.8 Å². The zero-order chi connectivity index (χ0) is 24.7. The molecule has 0 spiro atoms. The molecular weight excluding hydrogens is 374 g/mol. The fourth-order valence-electron chi connectivity index (χ4n) is 3.04. The number of primary amides is 1. The van der Waals surface area contributed by atoms with Gasteiger partial charge in [-0.25, -0.2) is 0 Å². The van der Waals surface area contributed by atoms with E-state index in [1.54, 1.807) is 18.2 Å². The number of nitrogens with one attached hydrogen (secondary N) is 2. The van der Waals surface area contributed by atoms with Gasteiger partial charge in [0.2, 0.25) is 5.95 Å². The van der Waals surface area contributed by atoms with Crippen molar-refractivity contribution >= 4 is 34.3 Å². The van der Waals surface area contributed by atoms with Crippen LogP contribution in [-0.4, -0.2) is 56.2 Å². The summed E-state index contributed by atoms with van der Waals surface area (Å²) in [5, 5.41) is 18.4. The van der Waals surface area contributed by atoms with Gasteiger partial charge in [-0.1, -0.05) is 0 Å². The molecule has 1 saturated heterocycles. The first-order valence-corrected chi connectivity index (χ1v) is 8.87. The van der Waals surface area contributed by atoms with E-state index in [0.717, 1.165) is 4.68 Å². The number of carbonyl (C=O) groups excluding carboxylic acids is 1. The van der Waals surface area contributed by atoms with Gasteiger partial charge in [0.1, 0.15) is 0 Å². The molecule has 0 aliphatic carbocycles. The molecule has 1 amide bonds. The Balaban J connectivity index is 1.62. The van der Waals surface area contributed by atoms with Gasteiger partial charge in [-0.05, 0) is 31.5 Å². The minimum Gasteiger partial charge on any atom is -0.380 e. The maximum Gasteiger partial charge on any atom is 0.273 e. The first kappa shape index (κ1) is 13.8. The standard InChI is InChI=1S/C18H23N9O2/c1-2-27-8-10-7-11(3-4-13(10)26-27)21-17-15(16(20)28)24-25-18(23-17)22-14-5-6-29-9-12(14)19/h3-4,7-8,12,14H,2,5-6,9,19H2,1H3,(H2,20,28)(H2,21,22,23,25)/t12-,14+/m0/s1/i1D3,2D2. The van der Waals surface area contributed by atoms with Gasteiger partial charge in [-0.2, -0.15) is 10.1 Å². The highest BCUT2D eigenvalue weighted by Crippen LogP contribution is 2.23. The first-order chi connectivity index (χ1) is 16.0. The molecule has 6 N–H and O–H groups in total. The Kier molecular flexibility index (Phi) is 3.79. The van der Waals surface area contributed by atoms with Crippen LogP contribution in [-0.2, 0) is 11.2 Å². The van der Waals surface area contributed by atoms with Crippen molar-refractivity contribution < 1.29 is 16.4 Å². The number of nitrogens with zero attached hydrogens (tertiary/aromatic N) is 5. The molecule has 29 heavy (non-hydrogen) atoms. The third-order valence-corrected chi connectivity index (χ3v) is 4.52. The average Bonchev–Trinajstić information content (AvgIpc) is 3.19. The summed E-state index contributed by atoms with van der Waals surface area (Å²) >= 11 is 0. The van der Waals surface area contributed by atoms with Gasteiger partial charge in [0.25, 0.3) is 5.91 Å². The number of anilines is 3. The zero-order valence-electron chi connectivity index (χ0n) is 20.3. The summed E-state index contributed by atoms with van der Waals surface area (Å²) < 4.78 is 44.2. The summed E-state index contributed by atoms with van der Waals surface area (Å²) in [4.78, 5) is 16.2. The second kappa shape index (κ2) is 7.97. The molecule has 3 aromatic rings. The highest BCUT2D eigenvalue weighted by molar-refractivity contribution is 5.96. The summed E-state index contributed by atoms with van der Waals surface area (Å²) in [5.41, 5.74) is 12.1. The molecule has 2 atom stereocenters. The number of hydrogen-bond acceptors (Lipinski definition) is 9. The predicted octanol–water partition coefficient (Wildman–Crippen LogP) is 0.612. The normalized spacial score (nSPS) is 22.7. The summed E-state index contributed by atoms with van der Waals surface area (Å²) in [6.45, 7) is -4.67. The second-order valence-corrected chi connectivity index (χ2v) is 6.56. The maximum atomic E-state index is 11.9. The van der Waals surface area contributed by atoms with Crippen LogP contribution in [0.4, 0.5) is 17.5 Å². The number of hydrogen-bond donors (Lipinski definition) is 4. The Hall–Kier alpha value is -3.31. The Morgan fingerprint density at radius 1 is 1.48 bits per heavy atom. The Morgan fingerprint density at radius 3 is 3.17 bits per heavy atom. The molecule has 2 aromatic heterocycles. The SMILES string of the molecule is [2H]C([2H])([2H])C([2H])([2H])n1cc2cc(Nc3nc(N[C@@H]4CCOC[C@@H]4N)nnc3C(N)=O)ccc2n1. The van der Waals surface area contributed by atoms with Crippen molar-refractivity contribution in [3.05, 3.63) is 30.1 Å². The van der Waals surface area contributed by atoms with E-state index in [1.807, 2.05) is 0 Å². The number of fused-ring (bicyclic) bond motifs is 1. The molecule has 1 aliphatic heterocycles. The van der Waals surface area contributed by atoms with Crippen molar-refractivity contribution in [3.63, 3.8) is 0 Å². The summed E-state index contributed by atoms with van der Waals surface area (Å²) in [6, 6.07) is 4.38. The second-order valence-electron chi connectivity index (χ2n) is 6.56. The van der Waals surface area contributed by atoms with Crippen LogP contribution >= 0.6 is 0 Å². The van der Waals surface area contributed by atoms with Gasteiger partial charge in [0.15, 0.2) is 11.5 Å².